The lowest BCUT2D eigenvalue weighted by Crippen LogP contribution is -2.72. The van der Waals surface area contributed by atoms with Crippen molar-refractivity contribution >= 4 is 67.5 Å². The minimum absolute atomic E-state index is 0.0216. The SMILES string of the molecule is [2H]C([2H])([2H])c1c[n+]2c(cc1C(C)(C)C([2H])([2H])[2H])-c1c(ccc3c1oc1cc4c5ccccc5c5ccccc5c4cc13)C21c2ccccc2-c2ccc([Si](C)(C)C)c[n+]21. The Labute approximate surface area is 319 Å². The summed E-state index contributed by atoms with van der Waals surface area (Å²) in [6.07, 6.45) is 4.00. The first-order valence-electron chi connectivity index (χ1n) is 21.4. The molecule has 3 nitrogen and oxygen atoms in total. The predicted octanol–water partition coefficient (Wildman–Crippen LogP) is 11.0. The zero-order valence-electron chi connectivity index (χ0n) is 36.4. The number of benzene rings is 6. The second-order valence-electron chi connectivity index (χ2n) is 16.6. The summed E-state index contributed by atoms with van der Waals surface area (Å²) in [4.78, 5) is 0. The van der Waals surface area contributed by atoms with E-state index in [1.165, 1.54) is 21.3 Å². The molecule has 11 rings (SSSR count). The maximum absolute atomic E-state index is 8.89. The maximum atomic E-state index is 8.89. The van der Waals surface area contributed by atoms with Gasteiger partial charge in [0, 0.05) is 41.9 Å². The van der Waals surface area contributed by atoms with Crippen LogP contribution in [0.3, 0.4) is 0 Å². The van der Waals surface area contributed by atoms with E-state index in [4.69, 9.17) is 12.6 Å². The molecule has 53 heavy (non-hydrogen) atoms. The number of aromatic nitrogens is 2. The highest BCUT2D eigenvalue weighted by Crippen LogP contribution is 2.51. The average Bonchev–Trinajstić information content (AvgIpc) is 3.81. The molecule has 0 fully saturated rings. The molecule has 6 aromatic carbocycles. The van der Waals surface area contributed by atoms with Crippen molar-refractivity contribution in [3.05, 3.63) is 150 Å². The van der Waals surface area contributed by atoms with E-state index in [0.717, 1.165) is 60.5 Å². The summed E-state index contributed by atoms with van der Waals surface area (Å²) in [6.45, 7) is 5.15. The first-order chi connectivity index (χ1) is 27.9. The molecule has 0 bridgehead atoms. The van der Waals surface area contributed by atoms with E-state index >= 15 is 0 Å². The lowest BCUT2D eigenvalue weighted by Gasteiger charge is -2.23. The van der Waals surface area contributed by atoms with Gasteiger partial charge in [-0.25, -0.2) is 0 Å². The van der Waals surface area contributed by atoms with Crippen molar-refractivity contribution in [1.82, 2.24) is 0 Å². The van der Waals surface area contributed by atoms with Crippen LogP contribution in [0.2, 0.25) is 19.6 Å². The molecule has 0 N–H and O–H groups in total. The quantitative estimate of drug-likeness (QED) is 0.0945. The van der Waals surface area contributed by atoms with Crippen molar-refractivity contribution < 1.29 is 21.8 Å². The van der Waals surface area contributed by atoms with Gasteiger partial charge in [-0.15, -0.1) is 9.13 Å². The van der Waals surface area contributed by atoms with Gasteiger partial charge in [0.1, 0.15) is 27.9 Å². The largest absolute Gasteiger partial charge is 0.455 e. The van der Waals surface area contributed by atoms with Gasteiger partial charge < -0.3 is 4.42 Å². The summed E-state index contributed by atoms with van der Waals surface area (Å²) in [5, 5.41) is 10.1. The Bertz CT molecular complexity index is 3340. The van der Waals surface area contributed by atoms with Gasteiger partial charge in [0.25, 0.3) is 0 Å². The Morgan fingerprint density at radius 3 is 1.98 bits per heavy atom. The zero-order chi connectivity index (χ0) is 41.2. The molecule has 1 spiro atoms. The Kier molecular flexibility index (Phi) is 4.84. The third-order valence-corrected chi connectivity index (χ3v) is 14.0. The molecule has 4 heteroatoms. The van der Waals surface area contributed by atoms with Crippen LogP contribution in [0.4, 0.5) is 0 Å². The highest BCUT2D eigenvalue weighted by atomic mass is 28.3. The molecule has 2 aliphatic heterocycles. The molecular formula is C49H42N2OSi+2. The number of pyridine rings is 2. The van der Waals surface area contributed by atoms with Crippen molar-refractivity contribution in [3.63, 3.8) is 0 Å². The number of hydrogen-bond donors (Lipinski definition) is 0. The Morgan fingerprint density at radius 2 is 1.28 bits per heavy atom. The maximum Gasteiger partial charge on any atom is 0.417 e. The average molecular weight is 709 g/mol. The molecule has 9 aromatic rings. The Morgan fingerprint density at radius 1 is 0.623 bits per heavy atom. The summed E-state index contributed by atoms with van der Waals surface area (Å²) < 4.78 is 64.2. The van der Waals surface area contributed by atoms with Crippen molar-refractivity contribution in [2.75, 3.05) is 0 Å². The fraction of sp³-hybridized carbons (Fsp3) is 0.184. The van der Waals surface area contributed by atoms with Gasteiger partial charge in [0.2, 0.25) is 11.4 Å². The second kappa shape index (κ2) is 10.1. The van der Waals surface area contributed by atoms with Crippen molar-refractivity contribution in [3.8, 4) is 22.5 Å². The Balaban J connectivity index is 1.33. The fourth-order valence-corrected chi connectivity index (χ4v) is 10.6. The van der Waals surface area contributed by atoms with Gasteiger partial charge in [0.05, 0.1) is 13.6 Å². The highest BCUT2D eigenvalue weighted by molar-refractivity contribution is 6.88. The molecular weight excluding hydrogens is 661 g/mol. The van der Waals surface area contributed by atoms with Gasteiger partial charge in [-0.1, -0.05) is 107 Å². The lowest BCUT2D eigenvalue weighted by molar-refractivity contribution is -0.954. The molecule has 0 saturated carbocycles. The van der Waals surface area contributed by atoms with Gasteiger partial charge in [0.15, 0.2) is 12.4 Å². The molecule has 0 saturated heterocycles. The molecule has 3 aromatic heterocycles. The number of nitrogens with zero attached hydrogens (tertiary/aromatic N) is 2. The first-order valence-corrected chi connectivity index (χ1v) is 21.9. The molecule has 1 unspecified atom stereocenters. The van der Waals surface area contributed by atoms with Crippen LogP contribution in [0, 0.1) is 6.85 Å². The molecule has 0 amide bonds. The molecule has 0 aliphatic carbocycles. The van der Waals surface area contributed by atoms with Crippen LogP contribution in [0.5, 0.6) is 0 Å². The number of rotatable bonds is 1. The molecule has 2 aliphatic rings. The molecule has 0 radical (unpaired) electrons. The van der Waals surface area contributed by atoms with Crippen molar-refractivity contribution in [2.45, 2.75) is 58.3 Å². The van der Waals surface area contributed by atoms with Crippen molar-refractivity contribution in [2.24, 2.45) is 0 Å². The van der Waals surface area contributed by atoms with E-state index in [9.17, 15) is 0 Å². The molecule has 1 atom stereocenters. The van der Waals surface area contributed by atoms with Crippen LogP contribution in [0.15, 0.2) is 132 Å². The first kappa shape index (κ1) is 25.4. The monoisotopic (exact) mass is 708 g/mol. The summed E-state index contributed by atoms with van der Waals surface area (Å²) in [5.74, 6) is 0. The highest BCUT2D eigenvalue weighted by Gasteiger charge is 2.67. The number of furan rings is 1. The van der Waals surface area contributed by atoms with Crippen LogP contribution >= 0.6 is 0 Å². The van der Waals surface area contributed by atoms with E-state index in [1.54, 1.807) is 20.0 Å². The van der Waals surface area contributed by atoms with Crippen LogP contribution in [-0.2, 0) is 11.1 Å². The standard InChI is InChI=1S/C49H42N2OSi/c1-29-27-50-44(26-42(29)48(2,3)4)46-41(49(50)40-19-13-12-18-36(40)43-23-20-30(28-51(43)49)53(5,6)7)22-21-35-39-24-37-33-16-10-8-14-31(33)32-15-9-11-17-34(32)38(37)25-45(39)52-47(35)46/h8-28H,1-7H3/q+2/i1D3,2D3. The fourth-order valence-electron chi connectivity index (χ4n) is 9.53. The third kappa shape index (κ3) is 3.89. The van der Waals surface area contributed by atoms with Crippen LogP contribution in [-0.4, -0.2) is 8.07 Å². The Hall–Kier alpha value is -5.58. The van der Waals surface area contributed by atoms with Gasteiger partial charge in [-0.05, 0) is 86.5 Å². The van der Waals surface area contributed by atoms with E-state index in [2.05, 4.69) is 132 Å². The zero-order valence-corrected chi connectivity index (χ0v) is 31.4. The van der Waals surface area contributed by atoms with E-state index in [1.807, 2.05) is 18.2 Å². The normalized spacial score (nSPS) is 18.4. The lowest BCUT2D eigenvalue weighted by atomic mass is 9.84. The summed E-state index contributed by atoms with van der Waals surface area (Å²) in [6, 6.07) is 40.5. The summed E-state index contributed by atoms with van der Waals surface area (Å²) in [5.41, 5.74) is 4.74. The van der Waals surface area contributed by atoms with Crippen LogP contribution in [0.25, 0.3) is 76.8 Å². The van der Waals surface area contributed by atoms with Gasteiger partial charge in [-0.2, -0.15) is 0 Å². The van der Waals surface area contributed by atoms with Crippen LogP contribution < -0.4 is 14.3 Å². The number of hydrogen-bond acceptors (Lipinski definition) is 1. The third-order valence-electron chi connectivity index (χ3n) is 12.0. The van der Waals surface area contributed by atoms with E-state index in [0.29, 0.717) is 11.3 Å². The van der Waals surface area contributed by atoms with Crippen LogP contribution in [0.1, 0.15) is 51.2 Å². The minimum atomic E-state index is -2.61. The topological polar surface area (TPSA) is 20.9 Å². The van der Waals surface area contributed by atoms with E-state index in [-0.39, 0.29) is 11.1 Å². The second-order valence-corrected chi connectivity index (χ2v) is 21.7. The number of fused-ring (bicyclic) bond motifs is 20. The predicted molar refractivity (Wildman–Crippen MR) is 222 cm³/mol. The summed E-state index contributed by atoms with van der Waals surface area (Å²) in [7, 11) is -1.86. The van der Waals surface area contributed by atoms with Crippen molar-refractivity contribution in [1.29, 1.82) is 0 Å². The van der Waals surface area contributed by atoms with Gasteiger partial charge in [-0.3, -0.25) is 0 Å². The minimum Gasteiger partial charge on any atom is -0.455 e. The molecule has 256 valence electrons. The molecule has 5 heterocycles. The van der Waals surface area contributed by atoms with Gasteiger partial charge >= 0.3 is 5.66 Å². The van der Waals surface area contributed by atoms with E-state index < -0.39 is 32.9 Å². The summed E-state index contributed by atoms with van der Waals surface area (Å²) >= 11 is 0. The smallest absolute Gasteiger partial charge is 0.417 e. The number of aryl methyl sites for hydroxylation is 1.